The SMILES string of the molecule is CC.CN(CC1CC2C=CC1C2)CC1CC2C=CC1C2. The number of nitrogens with zero attached hydrogens (tertiary/aromatic N) is 1. The standard InChI is InChI=1S/C17H25N.C2H6/c1-18(10-16-8-12-2-4-14(16)6-12)11-17-9-13-3-5-15(17)7-13;1-2/h2-5,12-17H,6-11H2,1H3;1-2H3. The second-order valence-electron chi connectivity index (χ2n) is 7.30. The van der Waals surface area contributed by atoms with Crippen molar-refractivity contribution in [2.24, 2.45) is 35.5 Å². The zero-order valence-corrected chi connectivity index (χ0v) is 13.5. The van der Waals surface area contributed by atoms with Crippen molar-refractivity contribution in [1.82, 2.24) is 4.90 Å². The van der Waals surface area contributed by atoms with E-state index in [2.05, 4.69) is 36.3 Å². The van der Waals surface area contributed by atoms with Gasteiger partial charge in [-0.05, 0) is 68.2 Å². The number of hydrogen-bond donors (Lipinski definition) is 0. The third-order valence-corrected chi connectivity index (χ3v) is 5.93. The van der Waals surface area contributed by atoms with E-state index in [1.165, 1.54) is 38.8 Å². The summed E-state index contributed by atoms with van der Waals surface area (Å²) in [4.78, 5) is 2.64. The van der Waals surface area contributed by atoms with Crippen LogP contribution in [0.3, 0.4) is 0 Å². The number of hydrogen-bond acceptors (Lipinski definition) is 1. The first kappa shape index (κ1) is 14.4. The minimum absolute atomic E-state index is 0.914. The number of allylic oxidation sites excluding steroid dienone is 4. The van der Waals surface area contributed by atoms with Crippen LogP contribution in [0.1, 0.15) is 39.5 Å². The quantitative estimate of drug-likeness (QED) is 0.688. The van der Waals surface area contributed by atoms with Gasteiger partial charge in [-0.1, -0.05) is 38.2 Å². The van der Waals surface area contributed by atoms with Crippen molar-refractivity contribution >= 4 is 0 Å². The van der Waals surface area contributed by atoms with Crippen LogP contribution < -0.4 is 0 Å². The summed E-state index contributed by atoms with van der Waals surface area (Å²) in [5.74, 6) is 5.60. The van der Waals surface area contributed by atoms with Crippen molar-refractivity contribution in [3.63, 3.8) is 0 Å². The molecule has 0 aromatic rings. The highest BCUT2D eigenvalue weighted by Crippen LogP contribution is 2.45. The molecule has 6 atom stereocenters. The Labute approximate surface area is 125 Å². The fourth-order valence-electron chi connectivity index (χ4n) is 5.08. The lowest BCUT2D eigenvalue weighted by Crippen LogP contribution is -2.33. The molecule has 4 aliphatic carbocycles. The summed E-state index contributed by atoms with van der Waals surface area (Å²) >= 11 is 0. The van der Waals surface area contributed by atoms with Crippen molar-refractivity contribution in [2.75, 3.05) is 20.1 Å². The minimum Gasteiger partial charge on any atom is -0.306 e. The van der Waals surface area contributed by atoms with Crippen LogP contribution in [0.2, 0.25) is 0 Å². The Morgan fingerprint density at radius 2 is 1.20 bits per heavy atom. The van der Waals surface area contributed by atoms with Crippen molar-refractivity contribution < 1.29 is 0 Å². The molecule has 0 saturated heterocycles. The number of fused-ring (bicyclic) bond motifs is 4. The lowest BCUT2D eigenvalue weighted by molar-refractivity contribution is 0.209. The Balaban J connectivity index is 0.000000581. The molecule has 112 valence electrons. The summed E-state index contributed by atoms with van der Waals surface area (Å²) in [6.45, 7) is 6.67. The van der Waals surface area contributed by atoms with Crippen LogP contribution >= 0.6 is 0 Å². The van der Waals surface area contributed by atoms with Gasteiger partial charge in [-0.15, -0.1) is 0 Å². The molecule has 2 fully saturated rings. The van der Waals surface area contributed by atoms with Gasteiger partial charge in [0.1, 0.15) is 0 Å². The van der Waals surface area contributed by atoms with E-state index in [0.717, 1.165) is 35.5 Å². The van der Waals surface area contributed by atoms with Crippen LogP contribution in [0.15, 0.2) is 24.3 Å². The molecule has 2 saturated carbocycles. The maximum atomic E-state index is 2.64. The molecule has 0 spiro atoms. The summed E-state index contributed by atoms with van der Waals surface area (Å²) in [6, 6.07) is 0. The molecule has 0 aromatic carbocycles. The van der Waals surface area contributed by atoms with Crippen LogP contribution in [-0.4, -0.2) is 25.0 Å². The monoisotopic (exact) mass is 273 g/mol. The second kappa shape index (κ2) is 6.05. The maximum absolute atomic E-state index is 2.64. The van der Waals surface area contributed by atoms with Crippen LogP contribution in [0.4, 0.5) is 0 Å². The van der Waals surface area contributed by atoms with E-state index >= 15 is 0 Å². The van der Waals surface area contributed by atoms with Crippen molar-refractivity contribution in [3.8, 4) is 0 Å². The Morgan fingerprint density at radius 1 is 0.750 bits per heavy atom. The third-order valence-electron chi connectivity index (χ3n) is 5.93. The summed E-state index contributed by atoms with van der Waals surface area (Å²) < 4.78 is 0. The molecule has 0 heterocycles. The van der Waals surface area contributed by atoms with Gasteiger partial charge < -0.3 is 4.90 Å². The smallest absolute Gasteiger partial charge is 0.00126 e. The Kier molecular flexibility index (Phi) is 4.35. The Bertz CT molecular complexity index is 347. The lowest BCUT2D eigenvalue weighted by atomic mass is 9.91. The van der Waals surface area contributed by atoms with E-state index in [1.54, 1.807) is 0 Å². The topological polar surface area (TPSA) is 3.24 Å². The van der Waals surface area contributed by atoms with Gasteiger partial charge in [0.05, 0.1) is 0 Å². The van der Waals surface area contributed by atoms with Gasteiger partial charge >= 0.3 is 0 Å². The molecule has 20 heavy (non-hydrogen) atoms. The molecule has 0 aromatic heterocycles. The molecule has 4 rings (SSSR count). The molecule has 0 aliphatic heterocycles. The molecule has 1 nitrogen and oxygen atoms in total. The highest BCUT2D eigenvalue weighted by Gasteiger charge is 2.38. The van der Waals surface area contributed by atoms with Crippen LogP contribution in [0.25, 0.3) is 0 Å². The van der Waals surface area contributed by atoms with Gasteiger partial charge in [0.15, 0.2) is 0 Å². The van der Waals surface area contributed by atoms with Gasteiger partial charge in [-0.3, -0.25) is 0 Å². The normalized spacial score (nSPS) is 43.4. The highest BCUT2D eigenvalue weighted by molar-refractivity contribution is 5.12. The zero-order chi connectivity index (χ0) is 14.1. The molecule has 0 radical (unpaired) electrons. The fraction of sp³-hybridized carbons (Fsp3) is 0.789. The van der Waals surface area contributed by atoms with Crippen LogP contribution in [-0.2, 0) is 0 Å². The maximum Gasteiger partial charge on any atom is 0.00126 e. The average molecular weight is 273 g/mol. The van der Waals surface area contributed by atoms with Gasteiger partial charge in [0.2, 0.25) is 0 Å². The summed E-state index contributed by atoms with van der Waals surface area (Å²) in [5.41, 5.74) is 0. The first-order valence-electron chi connectivity index (χ1n) is 8.83. The first-order valence-corrected chi connectivity index (χ1v) is 8.83. The largest absolute Gasteiger partial charge is 0.306 e. The lowest BCUT2D eigenvalue weighted by Gasteiger charge is -2.29. The molecular formula is C19H31N. The van der Waals surface area contributed by atoms with Crippen LogP contribution in [0, 0.1) is 35.5 Å². The number of rotatable bonds is 4. The summed E-state index contributed by atoms with van der Waals surface area (Å²) in [7, 11) is 2.35. The van der Waals surface area contributed by atoms with Gasteiger partial charge in [-0.2, -0.15) is 0 Å². The zero-order valence-electron chi connectivity index (χ0n) is 13.5. The molecule has 0 N–H and O–H groups in total. The van der Waals surface area contributed by atoms with Crippen LogP contribution in [0.5, 0.6) is 0 Å². The van der Waals surface area contributed by atoms with Gasteiger partial charge in [0.25, 0.3) is 0 Å². The van der Waals surface area contributed by atoms with E-state index < -0.39 is 0 Å². The highest BCUT2D eigenvalue weighted by atomic mass is 15.1. The molecular weight excluding hydrogens is 242 g/mol. The van der Waals surface area contributed by atoms with Crippen molar-refractivity contribution in [2.45, 2.75) is 39.5 Å². The third kappa shape index (κ3) is 2.74. The Morgan fingerprint density at radius 3 is 1.50 bits per heavy atom. The molecule has 4 bridgehead atoms. The first-order chi connectivity index (χ1) is 9.78. The summed E-state index contributed by atoms with van der Waals surface area (Å²) in [6.07, 6.45) is 15.7. The second-order valence-corrected chi connectivity index (χ2v) is 7.30. The molecule has 4 aliphatic rings. The average Bonchev–Trinajstić information content (AvgIpc) is 3.21. The molecule has 0 amide bonds. The molecule has 1 heteroatoms. The van der Waals surface area contributed by atoms with Gasteiger partial charge in [0, 0.05) is 13.1 Å². The van der Waals surface area contributed by atoms with E-state index in [9.17, 15) is 0 Å². The minimum atomic E-state index is 0.914. The molecule has 6 unspecified atom stereocenters. The van der Waals surface area contributed by atoms with Crippen molar-refractivity contribution in [3.05, 3.63) is 24.3 Å². The van der Waals surface area contributed by atoms with E-state index in [4.69, 9.17) is 0 Å². The van der Waals surface area contributed by atoms with E-state index in [0.29, 0.717) is 0 Å². The van der Waals surface area contributed by atoms with Crippen molar-refractivity contribution in [1.29, 1.82) is 0 Å². The Hall–Kier alpha value is -0.560. The van der Waals surface area contributed by atoms with E-state index in [-0.39, 0.29) is 0 Å². The predicted octanol–water partition coefficient (Wildman–Crippen LogP) is 4.37. The van der Waals surface area contributed by atoms with E-state index in [1.807, 2.05) is 13.8 Å². The summed E-state index contributed by atoms with van der Waals surface area (Å²) in [5, 5.41) is 0. The predicted molar refractivity (Wildman–Crippen MR) is 86.5 cm³/mol. The fourth-order valence-corrected chi connectivity index (χ4v) is 5.08. The van der Waals surface area contributed by atoms with Gasteiger partial charge in [-0.25, -0.2) is 0 Å².